The Bertz CT molecular complexity index is 718. The summed E-state index contributed by atoms with van der Waals surface area (Å²) < 4.78 is 11.4. The molecule has 3 rings (SSSR count). The monoisotopic (exact) mass is 280 g/mol. The third-order valence-corrected chi connectivity index (χ3v) is 3.17. The highest BCUT2D eigenvalue weighted by atomic mass is 16.5. The number of hydrogen-bond acceptors (Lipinski definition) is 4. The second-order valence-corrected chi connectivity index (χ2v) is 4.75. The van der Waals surface area contributed by atoms with Crippen LogP contribution in [0.5, 0.6) is 5.75 Å². The van der Waals surface area contributed by atoms with Crippen LogP contribution in [0.3, 0.4) is 0 Å². The highest BCUT2D eigenvalue weighted by Crippen LogP contribution is 2.22. The van der Waals surface area contributed by atoms with Crippen LogP contribution < -0.4 is 10.5 Å². The molecule has 4 nitrogen and oxygen atoms in total. The van der Waals surface area contributed by atoms with Crippen molar-refractivity contribution in [3.05, 3.63) is 66.1 Å². The predicted octanol–water partition coefficient (Wildman–Crippen LogP) is 3.81. The zero-order valence-electron chi connectivity index (χ0n) is 11.7. The normalized spacial score (nSPS) is 10.5. The van der Waals surface area contributed by atoms with E-state index in [1.807, 2.05) is 49.4 Å². The molecule has 0 radical (unpaired) electrons. The summed E-state index contributed by atoms with van der Waals surface area (Å²) in [4.78, 5) is 4.50. The minimum absolute atomic E-state index is 0.367. The molecule has 0 spiro atoms. The van der Waals surface area contributed by atoms with E-state index in [9.17, 15) is 0 Å². The molecule has 1 aromatic heterocycles. The van der Waals surface area contributed by atoms with Crippen molar-refractivity contribution < 1.29 is 9.15 Å². The van der Waals surface area contributed by atoms with Gasteiger partial charge in [-0.05, 0) is 43.3 Å². The van der Waals surface area contributed by atoms with Crippen LogP contribution in [0.15, 0.2) is 59.0 Å². The van der Waals surface area contributed by atoms with Gasteiger partial charge in [0.05, 0.1) is 0 Å². The molecule has 21 heavy (non-hydrogen) atoms. The number of nitrogens with zero attached hydrogens (tertiary/aromatic N) is 1. The van der Waals surface area contributed by atoms with Gasteiger partial charge in [0, 0.05) is 11.3 Å². The first-order valence-electron chi connectivity index (χ1n) is 6.72. The first-order chi connectivity index (χ1) is 10.2. The minimum atomic E-state index is 0.367. The van der Waals surface area contributed by atoms with Gasteiger partial charge in [-0.15, -0.1) is 0 Å². The summed E-state index contributed by atoms with van der Waals surface area (Å²) in [7, 11) is 0. The molecule has 0 atom stereocenters. The Hall–Kier alpha value is -2.75. The van der Waals surface area contributed by atoms with E-state index in [0.717, 1.165) is 22.8 Å². The number of ether oxygens (including phenoxy) is 1. The van der Waals surface area contributed by atoms with Crippen LogP contribution in [0.25, 0.3) is 11.5 Å². The zero-order chi connectivity index (χ0) is 14.7. The SMILES string of the molecule is Cc1oc(-c2ccccc2)nc1COc1ccc(N)cc1. The number of nitrogen functional groups attached to an aromatic ring is 1. The molecular weight excluding hydrogens is 264 g/mol. The van der Waals surface area contributed by atoms with Crippen LogP contribution in [-0.4, -0.2) is 4.98 Å². The molecule has 0 fully saturated rings. The van der Waals surface area contributed by atoms with E-state index in [2.05, 4.69) is 4.98 Å². The molecule has 2 aromatic carbocycles. The molecular formula is C17H16N2O2. The lowest BCUT2D eigenvalue weighted by Gasteiger charge is -2.04. The van der Waals surface area contributed by atoms with Crippen molar-refractivity contribution in [3.63, 3.8) is 0 Å². The van der Waals surface area contributed by atoms with Crippen molar-refractivity contribution in [2.45, 2.75) is 13.5 Å². The van der Waals surface area contributed by atoms with Crippen LogP contribution in [0, 0.1) is 6.92 Å². The molecule has 0 amide bonds. The van der Waals surface area contributed by atoms with Gasteiger partial charge in [-0.25, -0.2) is 4.98 Å². The highest BCUT2D eigenvalue weighted by molar-refractivity contribution is 5.53. The molecule has 0 aliphatic rings. The number of oxazole rings is 1. The average molecular weight is 280 g/mol. The fourth-order valence-corrected chi connectivity index (χ4v) is 1.98. The second-order valence-electron chi connectivity index (χ2n) is 4.75. The third kappa shape index (κ3) is 3.05. The predicted molar refractivity (Wildman–Crippen MR) is 81.9 cm³/mol. The zero-order valence-corrected chi connectivity index (χ0v) is 11.7. The summed E-state index contributed by atoms with van der Waals surface area (Å²) in [5.74, 6) is 2.14. The number of anilines is 1. The number of benzene rings is 2. The third-order valence-electron chi connectivity index (χ3n) is 3.17. The minimum Gasteiger partial charge on any atom is -0.487 e. The topological polar surface area (TPSA) is 61.3 Å². The second kappa shape index (κ2) is 5.71. The summed E-state index contributed by atoms with van der Waals surface area (Å²) in [6.45, 7) is 2.26. The summed E-state index contributed by atoms with van der Waals surface area (Å²) >= 11 is 0. The lowest BCUT2D eigenvalue weighted by molar-refractivity contribution is 0.299. The van der Waals surface area contributed by atoms with Crippen LogP contribution in [0.4, 0.5) is 5.69 Å². The summed E-state index contributed by atoms with van der Waals surface area (Å²) in [5.41, 5.74) is 8.11. The maximum Gasteiger partial charge on any atom is 0.226 e. The lowest BCUT2D eigenvalue weighted by Crippen LogP contribution is -1.97. The first-order valence-corrected chi connectivity index (χ1v) is 6.72. The van der Waals surface area contributed by atoms with Gasteiger partial charge in [0.1, 0.15) is 23.8 Å². The van der Waals surface area contributed by atoms with Crippen molar-refractivity contribution >= 4 is 5.69 Å². The van der Waals surface area contributed by atoms with Crippen molar-refractivity contribution in [1.82, 2.24) is 4.98 Å². The molecule has 106 valence electrons. The fourth-order valence-electron chi connectivity index (χ4n) is 1.98. The molecule has 4 heteroatoms. The van der Waals surface area contributed by atoms with Gasteiger partial charge in [0.25, 0.3) is 0 Å². The van der Waals surface area contributed by atoms with Crippen molar-refractivity contribution in [3.8, 4) is 17.2 Å². The number of nitrogens with two attached hydrogens (primary N) is 1. The van der Waals surface area contributed by atoms with E-state index in [1.165, 1.54) is 0 Å². The molecule has 2 N–H and O–H groups in total. The fraction of sp³-hybridized carbons (Fsp3) is 0.118. The Labute approximate surface area is 123 Å². The number of hydrogen-bond donors (Lipinski definition) is 1. The van der Waals surface area contributed by atoms with Gasteiger partial charge in [-0.1, -0.05) is 18.2 Å². The van der Waals surface area contributed by atoms with Crippen LogP contribution in [0.2, 0.25) is 0 Å². The maximum atomic E-state index is 5.70. The maximum absolute atomic E-state index is 5.70. The summed E-state index contributed by atoms with van der Waals surface area (Å²) in [5, 5.41) is 0. The van der Waals surface area contributed by atoms with Gasteiger partial charge < -0.3 is 14.9 Å². The Morgan fingerprint density at radius 1 is 1.05 bits per heavy atom. The molecule has 0 saturated carbocycles. The van der Waals surface area contributed by atoms with Gasteiger partial charge >= 0.3 is 0 Å². The molecule has 0 saturated heterocycles. The van der Waals surface area contributed by atoms with Crippen molar-refractivity contribution in [2.24, 2.45) is 0 Å². The smallest absolute Gasteiger partial charge is 0.226 e. The Kier molecular flexibility index (Phi) is 3.60. The molecule has 0 aliphatic heterocycles. The standard InChI is InChI=1S/C17H16N2O2/c1-12-16(11-20-15-9-7-14(18)8-10-15)19-17(21-12)13-5-3-2-4-6-13/h2-10H,11,18H2,1H3. The summed E-state index contributed by atoms with van der Waals surface area (Å²) in [6.07, 6.45) is 0. The number of rotatable bonds is 4. The van der Waals surface area contributed by atoms with E-state index < -0.39 is 0 Å². The van der Waals surface area contributed by atoms with Crippen LogP contribution >= 0.6 is 0 Å². The van der Waals surface area contributed by atoms with Gasteiger partial charge in [0.2, 0.25) is 5.89 Å². The highest BCUT2D eigenvalue weighted by Gasteiger charge is 2.11. The molecule has 0 bridgehead atoms. The average Bonchev–Trinajstić information content (AvgIpc) is 2.89. The molecule has 1 heterocycles. The van der Waals surface area contributed by atoms with E-state index in [0.29, 0.717) is 18.2 Å². The Morgan fingerprint density at radius 2 is 1.76 bits per heavy atom. The van der Waals surface area contributed by atoms with E-state index >= 15 is 0 Å². The van der Waals surface area contributed by atoms with E-state index in [4.69, 9.17) is 14.9 Å². The van der Waals surface area contributed by atoms with Crippen LogP contribution in [0.1, 0.15) is 11.5 Å². The first kappa shape index (κ1) is 13.2. The molecule has 0 unspecified atom stereocenters. The van der Waals surface area contributed by atoms with Gasteiger partial charge in [0.15, 0.2) is 0 Å². The quantitative estimate of drug-likeness (QED) is 0.738. The van der Waals surface area contributed by atoms with Gasteiger partial charge in [-0.3, -0.25) is 0 Å². The van der Waals surface area contributed by atoms with E-state index in [-0.39, 0.29) is 0 Å². The molecule has 3 aromatic rings. The largest absolute Gasteiger partial charge is 0.487 e. The van der Waals surface area contributed by atoms with Crippen molar-refractivity contribution in [1.29, 1.82) is 0 Å². The van der Waals surface area contributed by atoms with Crippen molar-refractivity contribution in [2.75, 3.05) is 5.73 Å². The number of aryl methyl sites for hydroxylation is 1. The van der Waals surface area contributed by atoms with Crippen LogP contribution in [-0.2, 0) is 6.61 Å². The van der Waals surface area contributed by atoms with E-state index in [1.54, 1.807) is 12.1 Å². The molecule has 0 aliphatic carbocycles. The van der Waals surface area contributed by atoms with Gasteiger partial charge in [-0.2, -0.15) is 0 Å². The Morgan fingerprint density at radius 3 is 2.48 bits per heavy atom. The summed E-state index contributed by atoms with van der Waals surface area (Å²) in [6, 6.07) is 17.1. The lowest BCUT2D eigenvalue weighted by atomic mass is 10.2. The Balaban J connectivity index is 1.74. The number of aromatic nitrogens is 1.